The molecular weight excluding hydrogens is 411 g/mol. The van der Waals surface area contributed by atoms with Gasteiger partial charge >= 0.3 is 5.97 Å². The van der Waals surface area contributed by atoms with E-state index in [1.54, 1.807) is 0 Å². The summed E-state index contributed by atoms with van der Waals surface area (Å²) in [6, 6.07) is 18.4. The van der Waals surface area contributed by atoms with Crippen LogP contribution >= 0.6 is 12.4 Å². The summed E-state index contributed by atoms with van der Waals surface area (Å²) in [5, 5.41) is 1.01. The van der Waals surface area contributed by atoms with Crippen molar-refractivity contribution in [1.82, 2.24) is 0 Å². The lowest BCUT2D eigenvalue weighted by Crippen LogP contribution is -3.13. The Balaban J connectivity index is 0.00000150. The number of carbonyl (C=O) groups excluding carboxylic acids is 1. The monoisotopic (exact) mass is 436 g/mol. The van der Waals surface area contributed by atoms with Crippen molar-refractivity contribution in [3.05, 3.63) is 65.9 Å². The van der Waals surface area contributed by atoms with Crippen molar-refractivity contribution in [2.24, 2.45) is 0 Å². The van der Waals surface area contributed by atoms with Crippen molar-refractivity contribution < 1.29 is 31.3 Å². The quantitative estimate of drug-likeness (QED) is 0.569. The van der Waals surface area contributed by atoms with Gasteiger partial charge in [0.1, 0.15) is 12.1 Å². The van der Waals surface area contributed by atoms with E-state index in [0.29, 0.717) is 12.4 Å². The second-order valence-corrected chi connectivity index (χ2v) is 6.88. The van der Waals surface area contributed by atoms with Crippen LogP contribution in [0, 0.1) is 0 Å². The van der Waals surface area contributed by atoms with Crippen molar-refractivity contribution in [3.63, 3.8) is 0 Å². The Morgan fingerprint density at radius 1 is 1.07 bits per heavy atom. The zero-order chi connectivity index (χ0) is 18.6. The molecule has 0 radical (unpaired) electrons. The van der Waals surface area contributed by atoms with Gasteiger partial charge in [-0.3, -0.25) is 0 Å². The first-order chi connectivity index (χ1) is 13.3. The molecule has 0 bridgehead atoms. The van der Waals surface area contributed by atoms with E-state index in [9.17, 15) is 4.79 Å². The summed E-state index contributed by atoms with van der Waals surface area (Å²) in [5.74, 6) is -0.0120. The SMILES string of the molecule is CCOC(=O)c1oc2ccccc2c1C[NH+]1CCN(c2ccccc2)CC1.Cl.[Cl-]. The first-order valence-corrected chi connectivity index (χ1v) is 9.57. The van der Waals surface area contributed by atoms with Gasteiger partial charge in [-0.1, -0.05) is 36.4 Å². The maximum absolute atomic E-state index is 12.4. The number of halogens is 2. The van der Waals surface area contributed by atoms with E-state index in [4.69, 9.17) is 9.15 Å². The van der Waals surface area contributed by atoms with E-state index in [0.717, 1.165) is 49.3 Å². The summed E-state index contributed by atoms with van der Waals surface area (Å²) in [4.78, 5) is 16.3. The van der Waals surface area contributed by atoms with Crippen LogP contribution in [0.5, 0.6) is 0 Å². The lowest BCUT2D eigenvalue weighted by Gasteiger charge is -2.33. The standard InChI is InChI=1S/C22H24N2O3.2ClH/c1-2-26-22(25)21-19(18-10-6-7-11-20(18)27-21)16-23-12-14-24(15-13-23)17-8-4-3-5-9-17;;/h3-11H,2,12-16H2,1H3;2*1H. The van der Waals surface area contributed by atoms with Gasteiger partial charge in [-0.05, 0) is 25.1 Å². The Morgan fingerprint density at radius 2 is 1.72 bits per heavy atom. The summed E-state index contributed by atoms with van der Waals surface area (Å²) in [6.45, 7) is 6.99. The van der Waals surface area contributed by atoms with Gasteiger partial charge in [0.25, 0.3) is 0 Å². The molecule has 0 aliphatic carbocycles. The predicted octanol–water partition coefficient (Wildman–Crippen LogP) is -0.0596. The van der Waals surface area contributed by atoms with Gasteiger partial charge in [-0.25, -0.2) is 4.79 Å². The summed E-state index contributed by atoms with van der Waals surface area (Å²) >= 11 is 0. The molecule has 4 rings (SSSR count). The third kappa shape index (κ3) is 5.04. The number of esters is 1. The van der Waals surface area contributed by atoms with Crippen LogP contribution in [0.4, 0.5) is 5.69 Å². The number of para-hydroxylation sites is 2. The molecule has 2 heterocycles. The number of furan rings is 1. The molecule has 0 saturated carbocycles. The lowest BCUT2D eigenvalue weighted by atomic mass is 10.1. The number of carbonyl (C=O) groups is 1. The minimum Gasteiger partial charge on any atom is -1.00 e. The fraction of sp³-hybridized carbons (Fsp3) is 0.318. The number of rotatable bonds is 5. The molecule has 7 heteroatoms. The highest BCUT2D eigenvalue weighted by molar-refractivity contribution is 5.96. The molecule has 1 saturated heterocycles. The van der Waals surface area contributed by atoms with Crippen molar-refractivity contribution in [3.8, 4) is 0 Å². The van der Waals surface area contributed by atoms with E-state index in [1.165, 1.54) is 10.6 Å². The first-order valence-electron chi connectivity index (χ1n) is 9.57. The zero-order valence-corrected chi connectivity index (χ0v) is 18.0. The fourth-order valence-corrected chi connectivity index (χ4v) is 3.78. The smallest absolute Gasteiger partial charge is 0.374 e. The average Bonchev–Trinajstić information content (AvgIpc) is 3.08. The Labute approximate surface area is 183 Å². The first kappa shape index (κ1) is 23.1. The van der Waals surface area contributed by atoms with Crippen LogP contribution in [0.2, 0.25) is 0 Å². The largest absolute Gasteiger partial charge is 1.00 e. The molecule has 1 aliphatic heterocycles. The van der Waals surface area contributed by atoms with Gasteiger partial charge in [0.05, 0.1) is 38.3 Å². The van der Waals surface area contributed by atoms with Crippen LogP contribution in [-0.4, -0.2) is 38.8 Å². The summed E-state index contributed by atoms with van der Waals surface area (Å²) in [5.41, 5.74) is 2.99. The summed E-state index contributed by atoms with van der Waals surface area (Å²) < 4.78 is 11.1. The van der Waals surface area contributed by atoms with E-state index < -0.39 is 0 Å². The number of benzene rings is 2. The van der Waals surface area contributed by atoms with Gasteiger partial charge in [0, 0.05) is 11.1 Å². The number of quaternary nitrogens is 1. The molecule has 1 aromatic heterocycles. The molecule has 0 amide bonds. The van der Waals surface area contributed by atoms with E-state index in [-0.39, 0.29) is 30.8 Å². The predicted molar refractivity (Wildman–Crippen MR) is 112 cm³/mol. The van der Waals surface area contributed by atoms with Crippen LogP contribution in [0.25, 0.3) is 11.0 Å². The summed E-state index contributed by atoms with van der Waals surface area (Å²) in [6.07, 6.45) is 0. The number of nitrogens with one attached hydrogen (secondary N) is 1. The van der Waals surface area contributed by atoms with Crippen LogP contribution < -0.4 is 22.2 Å². The maximum Gasteiger partial charge on any atom is 0.374 e. The number of fused-ring (bicyclic) bond motifs is 1. The second-order valence-electron chi connectivity index (χ2n) is 6.88. The third-order valence-electron chi connectivity index (χ3n) is 5.18. The van der Waals surface area contributed by atoms with E-state index in [2.05, 4.69) is 29.2 Å². The van der Waals surface area contributed by atoms with Crippen molar-refractivity contribution in [2.75, 3.05) is 37.7 Å². The molecule has 5 nitrogen and oxygen atoms in total. The number of hydrogen-bond donors (Lipinski definition) is 1. The Bertz CT molecular complexity index is 922. The fourth-order valence-electron chi connectivity index (χ4n) is 3.78. The molecule has 3 aromatic rings. The van der Waals surface area contributed by atoms with Crippen LogP contribution in [0.15, 0.2) is 59.0 Å². The second kappa shape index (κ2) is 10.5. The molecule has 29 heavy (non-hydrogen) atoms. The zero-order valence-electron chi connectivity index (χ0n) is 16.4. The maximum atomic E-state index is 12.4. The van der Waals surface area contributed by atoms with Gasteiger partial charge in [-0.15, -0.1) is 12.4 Å². The highest BCUT2D eigenvalue weighted by Gasteiger charge is 2.27. The number of ether oxygens (including phenoxy) is 1. The van der Waals surface area contributed by atoms with Crippen molar-refractivity contribution in [1.29, 1.82) is 0 Å². The topological polar surface area (TPSA) is 47.1 Å². The van der Waals surface area contributed by atoms with Crippen LogP contribution in [0.3, 0.4) is 0 Å². The normalized spacial score (nSPS) is 14.2. The minimum atomic E-state index is -0.369. The Kier molecular flexibility index (Phi) is 8.38. The molecule has 1 N–H and O–H groups in total. The third-order valence-corrected chi connectivity index (χ3v) is 5.18. The highest BCUT2D eigenvalue weighted by Crippen LogP contribution is 2.26. The van der Waals surface area contributed by atoms with Gasteiger partial charge in [0.2, 0.25) is 5.76 Å². The Morgan fingerprint density at radius 3 is 2.41 bits per heavy atom. The Hall–Kier alpha value is -2.21. The molecule has 1 aliphatic rings. The molecule has 1 fully saturated rings. The molecule has 2 aromatic carbocycles. The number of nitrogens with zero attached hydrogens (tertiary/aromatic N) is 1. The number of piperazine rings is 1. The minimum absolute atomic E-state index is 0. The van der Waals surface area contributed by atoms with Crippen molar-refractivity contribution >= 4 is 35.0 Å². The van der Waals surface area contributed by atoms with Crippen molar-refractivity contribution in [2.45, 2.75) is 13.5 Å². The van der Waals surface area contributed by atoms with Crippen LogP contribution in [-0.2, 0) is 11.3 Å². The molecular formula is C22H26Cl2N2O3. The van der Waals surface area contributed by atoms with Gasteiger partial charge in [0.15, 0.2) is 0 Å². The molecule has 156 valence electrons. The average molecular weight is 437 g/mol. The van der Waals surface area contributed by atoms with Gasteiger partial charge in [-0.2, -0.15) is 0 Å². The van der Waals surface area contributed by atoms with E-state index in [1.807, 2.05) is 37.3 Å². The number of hydrogen-bond acceptors (Lipinski definition) is 4. The molecule has 0 unspecified atom stereocenters. The molecule has 0 atom stereocenters. The molecule has 0 spiro atoms. The summed E-state index contributed by atoms with van der Waals surface area (Å²) in [7, 11) is 0. The van der Waals surface area contributed by atoms with Crippen LogP contribution in [0.1, 0.15) is 23.0 Å². The highest BCUT2D eigenvalue weighted by atomic mass is 35.5. The van der Waals surface area contributed by atoms with Gasteiger partial charge < -0.3 is 31.4 Å². The van der Waals surface area contributed by atoms with E-state index >= 15 is 0 Å². The lowest BCUT2D eigenvalue weighted by molar-refractivity contribution is -0.914. The number of anilines is 1.